The Morgan fingerprint density at radius 1 is 0.707 bits per heavy atom. The smallest absolute Gasteiger partial charge is 0.177 e. The molecule has 0 radical (unpaired) electrons. The highest BCUT2D eigenvalue weighted by Gasteiger charge is 2.17. The first-order valence-electron chi connectivity index (χ1n) is 12.0. The summed E-state index contributed by atoms with van der Waals surface area (Å²) in [6, 6.07) is 0. The van der Waals surface area contributed by atoms with Gasteiger partial charge in [0.2, 0.25) is 0 Å². The van der Waals surface area contributed by atoms with Crippen LogP contribution in [0.1, 0.15) is 48.5 Å². The van der Waals surface area contributed by atoms with Crippen LogP contribution in [0, 0.1) is 0 Å². The predicted molar refractivity (Wildman–Crippen MR) is 216 cm³/mol. The Hall–Kier alpha value is 1.93. The Morgan fingerprint density at radius 2 is 1.00 bits per heavy atom. The van der Waals surface area contributed by atoms with Crippen molar-refractivity contribution in [1.82, 2.24) is 0 Å². The molecule has 3 rings (SSSR count). The van der Waals surface area contributed by atoms with Crippen LogP contribution >= 0.6 is 106 Å². The molecule has 1 atom stereocenters. The summed E-state index contributed by atoms with van der Waals surface area (Å²) in [4.78, 5) is 22.1. The molecule has 0 aromatic carbocycles. The van der Waals surface area contributed by atoms with Gasteiger partial charge in [0.1, 0.15) is 12.6 Å². The lowest BCUT2D eigenvalue weighted by Crippen LogP contribution is -2.15. The van der Waals surface area contributed by atoms with Crippen molar-refractivity contribution in [1.29, 1.82) is 0 Å². The minimum Gasteiger partial charge on any atom is -0.393 e. The molecule has 9 nitrogen and oxygen atoms in total. The molecule has 0 spiro atoms. The number of hydrogen-bond acceptors (Lipinski definition) is 9. The Bertz CT molecular complexity index is 499. The van der Waals surface area contributed by atoms with E-state index >= 15 is 0 Å². The number of rotatable bonds is 5. The van der Waals surface area contributed by atoms with E-state index in [1.54, 1.807) is 19.9 Å². The molecule has 41 heavy (non-hydrogen) atoms. The molecule has 3 aliphatic rings. The maximum absolute atomic E-state index is 9.32. The third-order valence-electron chi connectivity index (χ3n) is 3.49. The molecule has 3 fully saturated rings. The van der Waals surface area contributed by atoms with E-state index in [2.05, 4.69) is 82.4 Å². The van der Waals surface area contributed by atoms with Crippen molar-refractivity contribution in [2.45, 2.75) is 73.4 Å². The molecule has 1 unspecified atom stereocenters. The Balaban J connectivity index is -0.0000000685. The number of allylic oxidation sites excluding steroid dienone is 4. The van der Waals surface area contributed by atoms with E-state index in [4.69, 9.17) is 38.3 Å². The summed E-state index contributed by atoms with van der Waals surface area (Å²) in [5, 5.41) is 8.85. The number of carbonyl (C=O) groups is 2. The number of aldehydes is 2. The van der Waals surface area contributed by atoms with Crippen LogP contribution in [0.3, 0.4) is 0 Å². The van der Waals surface area contributed by atoms with E-state index in [0.29, 0.717) is 19.6 Å². The van der Waals surface area contributed by atoms with Crippen LogP contribution in [0.5, 0.6) is 0 Å². The van der Waals surface area contributed by atoms with E-state index in [-0.39, 0.29) is 56.4 Å². The summed E-state index contributed by atoms with van der Waals surface area (Å²) in [6.45, 7) is 13.1. The van der Waals surface area contributed by atoms with E-state index < -0.39 is 0 Å². The van der Waals surface area contributed by atoms with Crippen LogP contribution < -0.4 is 0 Å². The van der Waals surface area contributed by atoms with Crippen molar-refractivity contribution in [2.24, 2.45) is 0 Å². The van der Waals surface area contributed by atoms with Crippen LogP contribution in [0.2, 0.25) is 0 Å². The fourth-order valence-electron chi connectivity index (χ4n) is 2.19. The lowest BCUT2D eigenvalue weighted by molar-refractivity contribution is -0.106. The maximum Gasteiger partial charge on any atom is 0.177 e. The third-order valence-corrected chi connectivity index (χ3v) is 3.49. The van der Waals surface area contributed by atoms with Gasteiger partial charge in [0.25, 0.3) is 0 Å². The third kappa shape index (κ3) is 54.8. The first kappa shape index (κ1) is 58.5. The van der Waals surface area contributed by atoms with Crippen LogP contribution in [0.25, 0.3) is 0 Å². The molecule has 1 N–H and O–H groups in total. The normalized spacial score (nSPS) is 16.3. The second kappa shape index (κ2) is 57.6. The maximum atomic E-state index is 9.32. The molecule has 0 aromatic heterocycles. The summed E-state index contributed by atoms with van der Waals surface area (Å²) in [6.07, 6.45) is 12.2. The molecule has 0 bridgehead atoms. The van der Waals surface area contributed by atoms with Crippen molar-refractivity contribution in [2.75, 3.05) is 49.5 Å². The minimum atomic E-state index is -0.326. The largest absolute Gasteiger partial charge is 0.393 e. The lowest BCUT2D eigenvalue weighted by atomic mass is 10.3. The first-order valence-corrected chi connectivity index (χ1v) is 22.6. The summed E-state index contributed by atoms with van der Waals surface area (Å²) in [5.74, 6) is 0. The number of ether oxygens (including phenoxy) is 6. The second-order valence-corrected chi connectivity index (χ2v) is 6.42. The SMILES string of the molecule is C.C/C=C/C1OCCO1.C/C=C/C1OCCO1.C/C=C/C=O.CC(O)CC1OCCO1.CC=O.CI.CI.I.II. The Kier molecular flexibility index (Phi) is 82.1. The van der Waals surface area contributed by atoms with Gasteiger partial charge in [-0.25, -0.2) is 0 Å². The Labute approximate surface area is 317 Å². The number of halogens is 5. The van der Waals surface area contributed by atoms with Crippen LogP contribution in [0.4, 0.5) is 0 Å². The van der Waals surface area contributed by atoms with Crippen molar-refractivity contribution in [3.63, 3.8) is 0 Å². The molecule has 14 heteroatoms. The zero-order valence-corrected chi connectivity index (χ0v) is 35.5. The van der Waals surface area contributed by atoms with Gasteiger partial charge in [-0.15, -0.1) is 24.0 Å². The quantitative estimate of drug-likeness (QED) is 0.0962. The molecular weight excluding hydrogens is 1100 g/mol. The van der Waals surface area contributed by atoms with Gasteiger partial charge >= 0.3 is 0 Å². The molecule has 0 aromatic rings. The monoisotopic (exact) mass is 1160 g/mol. The van der Waals surface area contributed by atoms with Crippen molar-refractivity contribution < 1.29 is 43.1 Å². The zero-order chi connectivity index (χ0) is 31.2. The van der Waals surface area contributed by atoms with Gasteiger partial charge in [0.15, 0.2) is 18.9 Å². The number of hydrogen-bond donors (Lipinski definition) is 1. The second-order valence-electron chi connectivity index (χ2n) is 6.42. The molecule has 3 aliphatic heterocycles. The topological polar surface area (TPSA) is 110 Å². The highest BCUT2D eigenvalue weighted by Crippen LogP contribution is 2.09. The van der Waals surface area contributed by atoms with Gasteiger partial charge in [-0.3, -0.25) is 4.79 Å². The highest BCUT2D eigenvalue weighted by molar-refractivity contribution is 15.0. The van der Waals surface area contributed by atoms with E-state index in [0.717, 1.165) is 39.0 Å². The van der Waals surface area contributed by atoms with Gasteiger partial charge in [0.05, 0.1) is 45.7 Å². The molecule has 0 aliphatic carbocycles. The highest BCUT2D eigenvalue weighted by atomic mass is 128. The first-order chi connectivity index (χ1) is 19.0. The molecule has 3 saturated heterocycles. The zero-order valence-electron chi connectivity index (χ0n) is 24.5. The summed E-state index contributed by atoms with van der Waals surface area (Å²) >= 11 is 8.54. The van der Waals surface area contributed by atoms with E-state index in [1.807, 2.05) is 48.0 Å². The predicted octanol–water partition coefficient (Wildman–Crippen LogP) is 8.10. The average Bonchev–Trinajstić information content (AvgIpc) is 3.75. The molecule has 250 valence electrons. The van der Waals surface area contributed by atoms with Crippen molar-refractivity contribution >= 4 is 119 Å². The van der Waals surface area contributed by atoms with Gasteiger partial charge in [-0.1, -0.05) is 70.8 Å². The van der Waals surface area contributed by atoms with Crippen LogP contribution in [0.15, 0.2) is 36.5 Å². The summed E-state index contributed by atoms with van der Waals surface area (Å²) in [7, 11) is 0. The summed E-state index contributed by atoms with van der Waals surface area (Å²) in [5.41, 5.74) is 0. The molecule has 0 saturated carbocycles. The standard InChI is InChI=1S/C6H12O3.2C6H10O2.C4H6O.C2H4O.2CH3I.CH4.I2.HI/c1-5(7)4-6-8-2-3-9-6;2*1-2-3-6-7-4-5-8-6;1-2-3-4-5;1-2-3;2*1-2;;1-2;/h5-7H,2-4H2,1H3;2*2-3,6H,4-5H2,1H3;2-4H,1H3;2H,1H3;2*1H3;1H4;;1H/b;3*3-2+;;;;;;. The van der Waals surface area contributed by atoms with Gasteiger partial charge in [0, 0.05) is 43.7 Å². The van der Waals surface area contributed by atoms with Crippen molar-refractivity contribution in [3.05, 3.63) is 36.5 Å². The van der Waals surface area contributed by atoms with Gasteiger partial charge in [-0.2, -0.15) is 0 Å². The van der Waals surface area contributed by atoms with Crippen molar-refractivity contribution in [3.8, 4) is 0 Å². The number of aliphatic hydroxyl groups is 1. The average molecular weight is 1160 g/mol. The van der Waals surface area contributed by atoms with Gasteiger partial charge < -0.3 is 38.3 Å². The molecule has 0 amide bonds. The number of alkyl halides is 2. The number of carbonyl (C=O) groups excluding carboxylic acids is 2. The minimum absolute atomic E-state index is 0. The summed E-state index contributed by atoms with van der Waals surface area (Å²) < 4.78 is 30.5. The molecule has 3 heterocycles. The van der Waals surface area contributed by atoms with E-state index in [9.17, 15) is 4.79 Å². The Morgan fingerprint density at radius 3 is 1.20 bits per heavy atom. The van der Waals surface area contributed by atoms with E-state index in [1.165, 1.54) is 13.0 Å². The fraction of sp³-hybridized carbons (Fsp3) is 0.704. The van der Waals surface area contributed by atoms with Gasteiger partial charge in [-0.05, 0) is 62.7 Å². The fourth-order valence-corrected chi connectivity index (χ4v) is 2.19. The lowest BCUT2D eigenvalue weighted by Gasteiger charge is -2.09. The molecular formula is C27H53I5O9. The number of aliphatic hydroxyl groups excluding tert-OH is 1. The van der Waals surface area contributed by atoms with Crippen LogP contribution in [-0.2, 0) is 38.0 Å². The van der Waals surface area contributed by atoms with Crippen LogP contribution in [-0.4, -0.2) is 92.2 Å².